The van der Waals surface area contributed by atoms with Gasteiger partial charge in [-0.1, -0.05) is 19.1 Å². The van der Waals surface area contributed by atoms with Crippen LogP contribution in [0.4, 0.5) is 0 Å². The van der Waals surface area contributed by atoms with Crippen LogP contribution in [0.25, 0.3) is 11.3 Å². The highest BCUT2D eigenvalue weighted by molar-refractivity contribution is 7.09. The minimum absolute atomic E-state index is 1.02. The molecule has 0 N–H and O–H groups in total. The Hall–Kier alpha value is -1.15. The normalized spacial score (nSPS) is 10.8. The van der Waals surface area contributed by atoms with E-state index in [9.17, 15) is 0 Å². The van der Waals surface area contributed by atoms with Gasteiger partial charge >= 0.3 is 0 Å². The molecule has 84 valence electrons. The van der Waals surface area contributed by atoms with Crippen LogP contribution in [0.5, 0.6) is 0 Å². The zero-order valence-corrected chi connectivity index (χ0v) is 11.1. The van der Waals surface area contributed by atoms with Gasteiger partial charge in [0.25, 0.3) is 0 Å². The number of rotatable bonds is 2. The smallest absolute Gasteiger partial charge is 0.0929 e. The predicted molar refractivity (Wildman–Crippen MR) is 71.1 cm³/mol. The van der Waals surface area contributed by atoms with Crippen LogP contribution in [0.3, 0.4) is 0 Å². The first-order valence-corrected chi connectivity index (χ1v) is 6.53. The van der Waals surface area contributed by atoms with Crippen molar-refractivity contribution in [2.75, 3.05) is 0 Å². The second-order valence-corrected chi connectivity index (χ2v) is 5.10. The number of hydrogen-bond donors (Lipinski definition) is 0. The summed E-state index contributed by atoms with van der Waals surface area (Å²) in [6.45, 7) is 8.67. The molecule has 0 saturated heterocycles. The SMILES string of the molecule is CCc1nc(-c2ccc(C)c(C)c2C)cs1. The Morgan fingerprint density at radius 2 is 1.88 bits per heavy atom. The van der Waals surface area contributed by atoms with E-state index in [-0.39, 0.29) is 0 Å². The standard InChI is InChI=1S/C14H17NS/c1-5-14-15-13(8-16-14)12-7-6-9(2)10(3)11(12)4/h6-8H,5H2,1-4H3. The number of benzene rings is 1. The topological polar surface area (TPSA) is 12.9 Å². The lowest BCUT2D eigenvalue weighted by atomic mass is 9.97. The monoisotopic (exact) mass is 231 g/mol. The average molecular weight is 231 g/mol. The molecule has 16 heavy (non-hydrogen) atoms. The van der Waals surface area contributed by atoms with Gasteiger partial charge in [0.1, 0.15) is 0 Å². The fourth-order valence-electron chi connectivity index (χ4n) is 1.83. The van der Waals surface area contributed by atoms with Crippen molar-refractivity contribution in [1.29, 1.82) is 0 Å². The fourth-order valence-corrected chi connectivity index (χ4v) is 2.58. The summed E-state index contributed by atoms with van der Waals surface area (Å²) >= 11 is 1.75. The molecular weight excluding hydrogens is 214 g/mol. The van der Waals surface area contributed by atoms with E-state index in [1.165, 1.54) is 27.3 Å². The van der Waals surface area contributed by atoms with Gasteiger partial charge in [-0.2, -0.15) is 0 Å². The van der Waals surface area contributed by atoms with Crippen molar-refractivity contribution in [3.63, 3.8) is 0 Å². The fraction of sp³-hybridized carbons (Fsp3) is 0.357. The highest BCUT2D eigenvalue weighted by Crippen LogP contribution is 2.28. The van der Waals surface area contributed by atoms with E-state index in [4.69, 9.17) is 0 Å². The Bertz CT molecular complexity index is 511. The van der Waals surface area contributed by atoms with Gasteiger partial charge in [0.05, 0.1) is 10.7 Å². The molecule has 0 fully saturated rings. The molecule has 0 aliphatic heterocycles. The van der Waals surface area contributed by atoms with Crippen molar-refractivity contribution >= 4 is 11.3 Å². The summed E-state index contributed by atoms with van der Waals surface area (Å²) in [6, 6.07) is 4.37. The Balaban J connectivity index is 2.52. The van der Waals surface area contributed by atoms with Crippen molar-refractivity contribution in [3.05, 3.63) is 39.2 Å². The van der Waals surface area contributed by atoms with Crippen LogP contribution in [0.1, 0.15) is 28.6 Å². The maximum atomic E-state index is 4.65. The zero-order chi connectivity index (χ0) is 11.7. The molecule has 2 aromatic rings. The third-order valence-corrected chi connectivity index (χ3v) is 4.18. The second kappa shape index (κ2) is 4.38. The van der Waals surface area contributed by atoms with E-state index in [0.29, 0.717) is 0 Å². The summed E-state index contributed by atoms with van der Waals surface area (Å²) in [5.41, 5.74) is 6.49. The van der Waals surface area contributed by atoms with E-state index in [0.717, 1.165) is 12.1 Å². The summed E-state index contributed by atoms with van der Waals surface area (Å²) < 4.78 is 0. The maximum absolute atomic E-state index is 4.65. The van der Waals surface area contributed by atoms with Crippen LogP contribution >= 0.6 is 11.3 Å². The number of nitrogens with zero attached hydrogens (tertiary/aromatic N) is 1. The molecule has 0 saturated carbocycles. The van der Waals surface area contributed by atoms with Crippen molar-refractivity contribution in [1.82, 2.24) is 4.98 Å². The second-order valence-electron chi connectivity index (χ2n) is 4.16. The first kappa shape index (κ1) is 11.3. The van der Waals surface area contributed by atoms with Crippen molar-refractivity contribution < 1.29 is 0 Å². The minimum atomic E-state index is 1.02. The molecule has 0 amide bonds. The lowest BCUT2D eigenvalue weighted by Gasteiger charge is -2.09. The molecule has 1 aromatic heterocycles. The Morgan fingerprint density at radius 3 is 2.50 bits per heavy atom. The molecule has 0 atom stereocenters. The summed E-state index contributed by atoms with van der Waals surface area (Å²) in [4.78, 5) is 4.65. The van der Waals surface area contributed by atoms with E-state index in [2.05, 4.69) is 50.2 Å². The quantitative estimate of drug-likeness (QED) is 0.751. The molecule has 0 unspecified atom stereocenters. The van der Waals surface area contributed by atoms with Gasteiger partial charge < -0.3 is 0 Å². The molecule has 0 spiro atoms. The largest absolute Gasteiger partial charge is 0.241 e. The third-order valence-electron chi connectivity index (χ3n) is 3.19. The molecule has 0 bridgehead atoms. The highest BCUT2D eigenvalue weighted by atomic mass is 32.1. The van der Waals surface area contributed by atoms with Crippen LogP contribution in [0.15, 0.2) is 17.5 Å². The summed E-state index contributed by atoms with van der Waals surface area (Å²) in [7, 11) is 0. The molecule has 0 aliphatic carbocycles. The number of hydrogen-bond acceptors (Lipinski definition) is 2. The summed E-state index contributed by atoms with van der Waals surface area (Å²) in [5, 5.41) is 3.38. The van der Waals surface area contributed by atoms with Crippen LogP contribution < -0.4 is 0 Å². The van der Waals surface area contributed by atoms with Gasteiger partial charge in [0, 0.05) is 10.9 Å². The third kappa shape index (κ3) is 1.90. The predicted octanol–water partition coefficient (Wildman–Crippen LogP) is 4.30. The number of aryl methyl sites for hydroxylation is 2. The average Bonchev–Trinajstić information content (AvgIpc) is 2.74. The highest BCUT2D eigenvalue weighted by Gasteiger charge is 2.08. The molecule has 2 heteroatoms. The van der Waals surface area contributed by atoms with Gasteiger partial charge in [-0.3, -0.25) is 0 Å². The van der Waals surface area contributed by atoms with Crippen LogP contribution in [-0.4, -0.2) is 4.98 Å². The molecule has 1 heterocycles. The van der Waals surface area contributed by atoms with Crippen molar-refractivity contribution in [3.8, 4) is 11.3 Å². The van der Waals surface area contributed by atoms with Gasteiger partial charge in [0.15, 0.2) is 0 Å². The summed E-state index contributed by atoms with van der Waals surface area (Å²) in [6.07, 6.45) is 1.02. The number of thiazole rings is 1. The lowest BCUT2D eigenvalue weighted by Crippen LogP contribution is -1.91. The molecule has 1 nitrogen and oxygen atoms in total. The zero-order valence-electron chi connectivity index (χ0n) is 10.3. The first-order chi connectivity index (χ1) is 7.63. The minimum Gasteiger partial charge on any atom is -0.241 e. The Labute approximate surface area is 101 Å². The van der Waals surface area contributed by atoms with Crippen LogP contribution in [-0.2, 0) is 6.42 Å². The van der Waals surface area contributed by atoms with Gasteiger partial charge in [0.2, 0.25) is 0 Å². The summed E-state index contributed by atoms with van der Waals surface area (Å²) in [5.74, 6) is 0. The molecule has 1 aromatic carbocycles. The molecule has 2 rings (SSSR count). The van der Waals surface area contributed by atoms with E-state index >= 15 is 0 Å². The Kier molecular flexibility index (Phi) is 3.10. The van der Waals surface area contributed by atoms with E-state index < -0.39 is 0 Å². The van der Waals surface area contributed by atoms with Gasteiger partial charge in [-0.05, 0) is 43.9 Å². The van der Waals surface area contributed by atoms with E-state index in [1.807, 2.05) is 0 Å². The number of aromatic nitrogens is 1. The maximum Gasteiger partial charge on any atom is 0.0929 e. The van der Waals surface area contributed by atoms with Crippen LogP contribution in [0.2, 0.25) is 0 Å². The van der Waals surface area contributed by atoms with Gasteiger partial charge in [-0.25, -0.2) is 4.98 Å². The lowest BCUT2D eigenvalue weighted by molar-refractivity contribution is 1.09. The molecule has 0 radical (unpaired) electrons. The Morgan fingerprint density at radius 1 is 1.12 bits per heavy atom. The van der Waals surface area contributed by atoms with Gasteiger partial charge in [-0.15, -0.1) is 11.3 Å². The molecular formula is C14H17NS. The van der Waals surface area contributed by atoms with Crippen LogP contribution in [0, 0.1) is 20.8 Å². The van der Waals surface area contributed by atoms with Crippen molar-refractivity contribution in [2.24, 2.45) is 0 Å². The van der Waals surface area contributed by atoms with Crippen molar-refractivity contribution in [2.45, 2.75) is 34.1 Å². The first-order valence-electron chi connectivity index (χ1n) is 5.65. The van der Waals surface area contributed by atoms with E-state index in [1.54, 1.807) is 11.3 Å². The molecule has 0 aliphatic rings.